The lowest BCUT2D eigenvalue weighted by Crippen LogP contribution is -2.17. The Morgan fingerprint density at radius 3 is 2.79 bits per heavy atom. The molecule has 0 aliphatic heterocycles. The monoisotopic (exact) mass is 343 g/mol. The van der Waals surface area contributed by atoms with Gasteiger partial charge in [-0.15, -0.1) is 11.3 Å². The van der Waals surface area contributed by atoms with E-state index >= 15 is 0 Å². The molecule has 2 aromatic heterocycles. The van der Waals surface area contributed by atoms with Crippen LogP contribution in [-0.4, -0.2) is 22.8 Å². The largest absolute Gasteiger partial charge is 0.458 e. The average Bonchev–Trinajstić information content (AvgIpc) is 3.28. The first kappa shape index (κ1) is 15.6. The second-order valence-corrected chi connectivity index (χ2v) is 7.81. The van der Waals surface area contributed by atoms with Crippen LogP contribution in [0.15, 0.2) is 17.5 Å². The van der Waals surface area contributed by atoms with Gasteiger partial charge in [-0.25, -0.2) is 4.79 Å². The van der Waals surface area contributed by atoms with Gasteiger partial charge < -0.3 is 9.72 Å². The molecule has 1 saturated carbocycles. The zero-order chi connectivity index (χ0) is 16.7. The van der Waals surface area contributed by atoms with Gasteiger partial charge >= 0.3 is 5.97 Å². The maximum absolute atomic E-state index is 12.6. The number of hydrogen-bond acceptors (Lipinski definition) is 4. The number of rotatable bonds is 3. The molecule has 0 spiro atoms. The number of ketones is 1. The maximum Gasteiger partial charge on any atom is 0.355 e. The van der Waals surface area contributed by atoms with Crippen molar-refractivity contribution >= 4 is 23.1 Å². The lowest BCUT2D eigenvalue weighted by Gasteiger charge is -2.20. The second-order valence-electron chi connectivity index (χ2n) is 6.83. The van der Waals surface area contributed by atoms with Crippen LogP contribution in [0.2, 0.25) is 0 Å². The molecule has 24 heavy (non-hydrogen) atoms. The Hall–Kier alpha value is -1.88. The standard InChI is InChI=1S/C19H21NO3S/c1-11-17-14(9-12(10-15(17)21)16-7-4-8-24-16)20-18(11)19(22)23-13-5-2-3-6-13/h4,7-8,12-13,20H,2-3,5-6,9-10H2,1H3. The molecule has 0 saturated heterocycles. The summed E-state index contributed by atoms with van der Waals surface area (Å²) in [5, 5.41) is 2.04. The number of H-pyrrole nitrogens is 1. The molecule has 2 aliphatic rings. The molecule has 5 heteroatoms. The number of thiophene rings is 1. The Morgan fingerprint density at radius 1 is 1.29 bits per heavy atom. The number of fused-ring (bicyclic) bond motifs is 1. The van der Waals surface area contributed by atoms with Crippen molar-refractivity contribution in [3.05, 3.63) is 44.9 Å². The topological polar surface area (TPSA) is 59.2 Å². The molecule has 0 bridgehead atoms. The number of carbonyl (C=O) groups is 2. The van der Waals surface area contributed by atoms with Gasteiger partial charge in [0, 0.05) is 28.5 Å². The van der Waals surface area contributed by atoms with Gasteiger partial charge in [0.1, 0.15) is 11.8 Å². The van der Waals surface area contributed by atoms with E-state index in [0.717, 1.165) is 43.4 Å². The summed E-state index contributed by atoms with van der Waals surface area (Å²) in [6, 6.07) is 4.10. The van der Waals surface area contributed by atoms with E-state index in [9.17, 15) is 9.59 Å². The van der Waals surface area contributed by atoms with E-state index < -0.39 is 0 Å². The highest BCUT2D eigenvalue weighted by molar-refractivity contribution is 7.10. The van der Waals surface area contributed by atoms with Gasteiger partial charge in [-0.05, 0) is 56.0 Å². The van der Waals surface area contributed by atoms with E-state index in [1.165, 1.54) is 4.88 Å². The lowest BCUT2D eigenvalue weighted by atomic mass is 9.84. The highest BCUT2D eigenvalue weighted by Crippen LogP contribution is 2.37. The van der Waals surface area contributed by atoms with Crippen LogP contribution in [0.1, 0.15) is 75.0 Å². The molecule has 1 unspecified atom stereocenters. The molecule has 1 fully saturated rings. The summed E-state index contributed by atoms with van der Waals surface area (Å²) in [5.41, 5.74) is 2.82. The Balaban J connectivity index is 1.60. The van der Waals surface area contributed by atoms with Crippen molar-refractivity contribution in [3.8, 4) is 0 Å². The van der Waals surface area contributed by atoms with Crippen LogP contribution in [-0.2, 0) is 11.2 Å². The van der Waals surface area contributed by atoms with Crippen molar-refractivity contribution < 1.29 is 14.3 Å². The number of aromatic amines is 1. The van der Waals surface area contributed by atoms with Crippen molar-refractivity contribution in [2.24, 2.45) is 0 Å². The molecule has 0 amide bonds. The molecule has 1 atom stereocenters. The van der Waals surface area contributed by atoms with Gasteiger partial charge in [-0.3, -0.25) is 4.79 Å². The van der Waals surface area contributed by atoms with Gasteiger partial charge in [0.2, 0.25) is 0 Å². The molecule has 2 aliphatic carbocycles. The third-order valence-corrected chi connectivity index (χ3v) is 6.25. The predicted molar refractivity (Wildman–Crippen MR) is 92.9 cm³/mol. The van der Waals surface area contributed by atoms with Gasteiger partial charge in [0.15, 0.2) is 5.78 Å². The van der Waals surface area contributed by atoms with Crippen LogP contribution in [0.25, 0.3) is 0 Å². The zero-order valence-electron chi connectivity index (χ0n) is 13.8. The Kier molecular flexibility index (Phi) is 4.04. The third kappa shape index (κ3) is 2.71. The van der Waals surface area contributed by atoms with Gasteiger partial charge in [-0.2, -0.15) is 0 Å². The molecule has 2 heterocycles. The van der Waals surface area contributed by atoms with Gasteiger partial charge in [0.05, 0.1) is 0 Å². The molecule has 1 N–H and O–H groups in total. The molecule has 4 rings (SSSR count). The first-order chi connectivity index (χ1) is 11.6. The molecule has 0 radical (unpaired) electrons. The summed E-state index contributed by atoms with van der Waals surface area (Å²) in [5.74, 6) is 0.0272. The SMILES string of the molecule is Cc1c(C(=O)OC2CCCC2)[nH]c2c1C(=O)CC(c1cccs1)C2. The summed E-state index contributed by atoms with van der Waals surface area (Å²) in [4.78, 5) is 29.6. The van der Waals surface area contributed by atoms with Crippen molar-refractivity contribution in [1.82, 2.24) is 4.98 Å². The third-order valence-electron chi connectivity index (χ3n) is 5.21. The Bertz CT molecular complexity index is 769. The summed E-state index contributed by atoms with van der Waals surface area (Å²) >= 11 is 1.69. The first-order valence-corrected chi connectivity index (χ1v) is 9.50. The average molecular weight is 343 g/mol. The smallest absolute Gasteiger partial charge is 0.355 e. The number of esters is 1. The van der Waals surface area contributed by atoms with E-state index in [2.05, 4.69) is 11.1 Å². The minimum Gasteiger partial charge on any atom is -0.458 e. The van der Waals surface area contributed by atoms with Crippen molar-refractivity contribution in [1.29, 1.82) is 0 Å². The Labute approximate surface area is 145 Å². The summed E-state index contributed by atoms with van der Waals surface area (Å²) in [6.45, 7) is 1.85. The summed E-state index contributed by atoms with van der Waals surface area (Å²) in [7, 11) is 0. The van der Waals surface area contributed by atoms with Crippen LogP contribution in [0.4, 0.5) is 0 Å². The number of ether oxygens (including phenoxy) is 1. The van der Waals surface area contributed by atoms with E-state index in [1.807, 2.05) is 18.4 Å². The number of hydrogen-bond donors (Lipinski definition) is 1. The van der Waals surface area contributed by atoms with E-state index in [-0.39, 0.29) is 23.8 Å². The van der Waals surface area contributed by atoms with Crippen LogP contribution >= 0.6 is 11.3 Å². The predicted octanol–water partition coefficient (Wildman–Crippen LogP) is 4.40. The molecule has 126 valence electrons. The fraction of sp³-hybridized carbons (Fsp3) is 0.474. The van der Waals surface area contributed by atoms with Crippen LogP contribution in [0, 0.1) is 6.92 Å². The molecular formula is C19H21NO3S. The number of aromatic nitrogens is 1. The number of Topliss-reactive ketones (excluding diaryl/α,β-unsaturated/α-hetero) is 1. The highest BCUT2D eigenvalue weighted by Gasteiger charge is 2.33. The quantitative estimate of drug-likeness (QED) is 0.841. The fourth-order valence-electron chi connectivity index (χ4n) is 3.98. The zero-order valence-corrected chi connectivity index (χ0v) is 14.6. The van der Waals surface area contributed by atoms with E-state index in [0.29, 0.717) is 17.7 Å². The van der Waals surface area contributed by atoms with Crippen LogP contribution < -0.4 is 0 Å². The van der Waals surface area contributed by atoms with E-state index in [1.54, 1.807) is 11.3 Å². The van der Waals surface area contributed by atoms with Crippen LogP contribution in [0.5, 0.6) is 0 Å². The van der Waals surface area contributed by atoms with Crippen molar-refractivity contribution in [3.63, 3.8) is 0 Å². The van der Waals surface area contributed by atoms with E-state index in [4.69, 9.17) is 4.74 Å². The lowest BCUT2D eigenvalue weighted by molar-refractivity contribution is 0.0310. The normalized spacial score (nSPS) is 21.0. The second kappa shape index (κ2) is 6.20. The van der Waals surface area contributed by atoms with Crippen LogP contribution in [0.3, 0.4) is 0 Å². The first-order valence-electron chi connectivity index (χ1n) is 8.62. The van der Waals surface area contributed by atoms with Crippen molar-refractivity contribution in [2.45, 2.75) is 57.5 Å². The summed E-state index contributed by atoms with van der Waals surface area (Å²) < 4.78 is 5.61. The fourth-order valence-corrected chi connectivity index (χ4v) is 4.81. The van der Waals surface area contributed by atoms with Crippen molar-refractivity contribution in [2.75, 3.05) is 0 Å². The molecular weight excluding hydrogens is 322 g/mol. The summed E-state index contributed by atoms with van der Waals surface area (Å²) in [6.07, 6.45) is 5.47. The number of carbonyl (C=O) groups excluding carboxylic acids is 2. The van der Waals surface area contributed by atoms with Gasteiger partial charge in [0.25, 0.3) is 0 Å². The molecule has 0 aromatic carbocycles. The number of nitrogens with one attached hydrogen (secondary N) is 1. The highest BCUT2D eigenvalue weighted by atomic mass is 32.1. The Morgan fingerprint density at radius 2 is 2.08 bits per heavy atom. The minimum absolute atomic E-state index is 0.0341. The van der Waals surface area contributed by atoms with Gasteiger partial charge in [-0.1, -0.05) is 6.07 Å². The minimum atomic E-state index is -0.311. The molecule has 2 aromatic rings. The molecule has 4 nitrogen and oxygen atoms in total. The maximum atomic E-state index is 12.6.